The van der Waals surface area contributed by atoms with Gasteiger partial charge in [-0.15, -0.1) is 0 Å². The van der Waals surface area contributed by atoms with E-state index in [-0.39, 0.29) is 30.7 Å². The molecule has 0 saturated heterocycles. The third-order valence-electron chi connectivity index (χ3n) is 3.62. The number of hydrogen-bond donors (Lipinski definition) is 1. The van der Waals surface area contributed by atoms with Gasteiger partial charge < -0.3 is 5.32 Å². The molecular formula is C17H12Br2N2O3. The number of amides is 3. The van der Waals surface area contributed by atoms with Crippen molar-refractivity contribution in [2.45, 2.75) is 6.42 Å². The molecule has 2 aromatic rings. The SMILES string of the molecule is O=C(CCN1C(=O)c2ccc(Br)cc2C1=O)Nc1ccc(Br)cc1. The van der Waals surface area contributed by atoms with Gasteiger partial charge in [0.2, 0.25) is 5.91 Å². The number of carbonyl (C=O) groups excluding carboxylic acids is 3. The fraction of sp³-hybridized carbons (Fsp3) is 0.118. The van der Waals surface area contributed by atoms with Crippen molar-refractivity contribution in [3.8, 4) is 0 Å². The summed E-state index contributed by atoms with van der Waals surface area (Å²) in [4.78, 5) is 37.7. The minimum absolute atomic E-state index is 0.0443. The number of hydrogen-bond acceptors (Lipinski definition) is 3. The average Bonchev–Trinajstić information content (AvgIpc) is 2.78. The number of rotatable bonds is 4. The standard InChI is InChI=1S/C17H12Br2N2O3/c18-10-1-4-12(5-2-10)20-15(22)7-8-21-16(23)13-6-3-11(19)9-14(13)17(21)24/h1-6,9H,7-8H2,(H,20,22). The summed E-state index contributed by atoms with van der Waals surface area (Å²) >= 11 is 6.61. The number of imide groups is 1. The van der Waals surface area contributed by atoms with Crippen molar-refractivity contribution >= 4 is 55.3 Å². The third kappa shape index (κ3) is 3.42. The lowest BCUT2D eigenvalue weighted by atomic mass is 10.1. The van der Waals surface area contributed by atoms with Crippen molar-refractivity contribution in [3.05, 3.63) is 62.5 Å². The first-order chi connectivity index (χ1) is 11.5. The molecule has 1 aliphatic rings. The summed E-state index contributed by atoms with van der Waals surface area (Å²) in [6.07, 6.45) is 0.0443. The first-order valence-electron chi connectivity index (χ1n) is 7.17. The zero-order valence-corrected chi connectivity index (χ0v) is 15.6. The van der Waals surface area contributed by atoms with E-state index in [1.54, 1.807) is 30.3 Å². The topological polar surface area (TPSA) is 66.5 Å². The van der Waals surface area contributed by atoms with Gasteiger partial charge in [-0.05, 0) is 42.5 Å². The van der Waals surface area contributed by atoms with Crippen LogP contribution in [0.3, 0.4) is 0 Å². The van der Waals surface area contributed by atoms with Crippen molar-refractivity contribution in [3.63, 3.8) is 0 Å². The molecule has 0 atom stereocenters. The summed E-state index contributed by atoms with van der Waals surface area (Å²) in [6.45, 7) is 0.0479. The predicted molar refractivity (Wildman–Crippen MR) is 96.9 cm³/mol. The third-order valence-corrected chi connectivity index (χ3v) is 4.65. The normalized spacial score (nSPS) is 13.2. The minimum atomic E-state index is -0.368. The Bertz CT molecular complexity index is 834. The first kappa shape index (κ1) is 16.9. The maximum absolute atomic E-state index is 12.3. The summed E-state index contributed by atoms with van der Waals surface area (Å²) in [5.74, 6) is -0.984. The molecule has 24 heavy (non-hydrogen) atoms. The first-order valence-corrected chi connectivity index (χ1v) is 8.75. The highest BCUT2D eigenvalue weighted by Crippen LogP contribution is 2.26. The molecule has 0 bridgehead atoms. The van der Waals surface area contributed by atoms with Gasteiger partial charge in [0.1, 0.15) is 0 Å². The Morgan fingerprint density at radius 1 is 0.917 bits per heavy atom. The van der Waals surface area contributed by atoms with Crippen LogP contribution in [0.25, 0.3) is 0 Å². The molecular weight excluding hydrogens is 440 g/mol. The Hall–Kier alpha value is -1.99. The minimum Gasteiger partial charge on any atom is -0.326 e. The van der Waals surface area contributed by atoms with Gasteiger partial charge in [-0.3, -0.25) is 19.3 Å². The second-order valence-corrected chi connectivity index (χ2v) is 7.09. The molecule has 1 N–H and O–H groups in total. The smallest absolute Gasteiger partial charge is 0.261 e. The maximum Gasteiger partial charge on any atom is 0.261 e. The van der Waals surface area contributed by atoms with Crippen LogP contribution >= 0.6 is 31.9 Å². The van der Waals surface area contributed by atoms with Gasteiger partial charge in [0.15, 0.2) is 0 Å². The van der Waals surface area contributed by atoms with E-state index in [0.717, 1.165) is 13.8 Å². The Kier molecular flexibility index (Phi) is 4.82. The monoisotopic (exact) mass is 450 g/mol. The van der Waals surface area contributed by atoms with E-state index in [0.29, 0.717) is 16.8 Å². The van der Waals surface area contributed by atoms with Crippen LogP contribution in [0, 0.1) is 0 Å². The summed E-state index contributed by atoms with van der Waals surface area (Å²) in [6, 6.07) is 12.1. The Morgan fingerprint density at radius 2 is 1.54 bits per heavy atom. The van der Waals surface area contributed by atoms with Crippen molar-refractivity contribution in [1.82, 2.24) is 4.90 Å². The number of carbonyl (C=O) groups is 3. The molecule has 1 aliphatic heterocycles. The van der Waals surface area contributed by atoms with Gasteiger partial charge >= 0.3 is 0 Å². The van der Waals surface area contributed by atoms with Crippen LogP contribution < -0.4 is 5.32 Å². The molecule has 0 saturated carbocycles. The Morgan fingerprint density at radius 3 is 2.25 bits per heavy atom. The lowest BCUT2D eigenvalue weighted by molar-refractivity contribution is -0.116. The Labute approximate surface area is 155 Å². The lowest BCUT2D eigenvalue weighted by Crippen LogP contribution is -2.32. The highest BCUT2D eigenvalue weighted by Gasteiger charge is 2.35. The number of nitrogens with zero attached hydrogens (tertiary/aromatic N) is 1. The summed E-state index contributed by atoms with van der Waals surface area (Å²) in [7, 11) is 0. The van der Waals surface area contributed by atoms with Gasteiger partial charge in [-0.1, -0.05) is 31.9 Å². The van der Waals surface area contributed by atoms with Crippen molar-refractivity contribution in [1.29, 1.82) is 0 Å². The zero-order chi connectivity index (χ0) is 17.3. The van der Waals surface area contributed by atoms with Crippen LogP contribution in [0.4, 0.5) is 5.69 Å². The van der Waals surface area contributed by atoms with E-state index in [1.165, 1.54) is 0 Å². The van der Waals surface area contributed by atoms with Crippen molar-refractivity contribution in [2.75, 3.05) is 11.9 Å². The van der Waals surface area contributed by atoms with Gasteiger partial charge in [-0.2, -0.15) is 0 Å². The average molecular weight is 452 g/mol. The molecule has 0 aromatic heterocycles. The predicted octanol–water partition coefficient (Wildman–Crippen LogP) is 3.84. The van der Waals surface area contributed by atoms with Crippen molar-refractivity contribution < 1.29 is 14.4 Å². The summed E-state index contributed by atoms with van der Waals surface area (Å²) in [5, 5.41) is 2.74. The highest BCUT2D eigenvalue weighted by atomic mass is 79.9. The summed E-state index contributed by atoms with van der Waals surface area (Å²) < 4.78 is 1.65. The molecule has 0 spiro atoms. The zero-order valence-electron chi connectivity index (χ0n) is 12.4. The van der Waals surface area contributed by atoms with E-state index in [4.69, 9.17) is 0 Å². The largest absolute Gasteiger partial charge is 0.326 e. The molecule has 3 rings (SSSR count). The molecule has 3 amide bonds. The van der Waals surface area contributed by atoms with Gasteiger partial charge in [0, 0.05) is 27.6 Å². The van der Waals surface area contributed by atoms with Crippen LogP contribution in [0.5, 0.6) is 0 Å². The van der Waals surface area contributed by atoms with Gasteiger partial charge in [0.25, 0.3) is 11.8 Å². The van der Waals surface area contributed by atoms with Crippen LogP contribution in [0.1, 0.15) is 27.1 Å². The second kappa shape index (κ2) is 6.86. The van der Waals surface area contributed by atoms with Crippen LogP contribution in [0.2, 0.25) is 0 Å². The number of anilines is 1. The molecule has 7 heteroatoms. The van der Waals surface area contributed by atoms with E-state index < -0.39 is 0 Å². The lowest BCUT2D eigenvalue weighted by Gasteiger charge is -2.13. The molecule has 122 valence electrons. The van der Waals surface area contributed by atoms with Crippen molar-refractivity contribution in [2.24, 2.45) is 0 Å². The van der Waals surface area contributed by atoms with E-state index >= 15 is 0 Å². The van der Waals surface area contributed by atoms with E-state index in [9.17, 15) is 14.4 Å². The van der Waals surface area contributed by atoms with Crippen LogP contribution in [-0.4, -0.2) is 29.2 Å². The van der Waals surface area contributed by atoms with E-state index in [2.05, 4.69) is 37.2 Å². The molecule has 0 radical (unpaired) electrons. The van der Waals surface area contributed by atoms with Gasteiger partial charge in [-0.25, -0.2) is 0 Å². The number of nitrogens with one attached hydrogen (secondary N) is 1. The molecule has 0 unspecified atom stereocenters. The molecule has 0 fully saturated rings. The quantitative estimate of drug-likeness (QED) is 0.718. The molecule has 2 aromatic carbocycles. The van der Waals surface area contributed by atoms with Crippen LogP contribution in [-0.2, 0) is 4.79 Å². The van der Waals surface area contributed by atoms with Crippen LogP contribution in [0.15, 0.2) is 51.4 Å². The number of fused-ring (bicyclic) bond motifs is 1. The second-order valence-electron chi connectivity index (χ2n) is 5.26. The molecule has 1 heterocycles. The fourth-order valence-electron chi connectivity index (χ4n) is 2.44. The maximum atomic E-state index is 12.3. The van der Waals surface area contributed by atoms with Gasteiger partial charge in [0.05, 0.1) is 11.1 Å². The highest BCUT2D eigenvalue weighted by molar-refractivity contribution is 9.10. The number of halogens is 2. The van der Waals surface area contributed by atoms with E-state index in [1.807, 2.05) is 12.1 Å². The molecule has 5 nitrogen and oxygen atoms in total. The number of benzene rings is 2. The Balaban J connectivity index is 1.63. The summed E-state index contributed by atoms with van der Waals surface area (Å²) in [5.41, 5.74) is 1.40. The molecule has 0 aliphatic carbocycles. The fourth-order valence-corrected chi connectivity index (χ4v) is 3.06.